The lowest BCUT2D eigenvalue weighted by Gasteiger charge is -2.44. The van der Waals surface area contributed by atoms with Gasteiger partial charge in [0.05, 0.1) is 12.3 Å². The number of H-pyrrole nitrogens is 1. The van der Waals surface area contributed by atoms with E-state index in [-0.39, 0.29) is 11.7 Å². The molecule has 0 saturated carbocycles. The van der Waals surface area contributed by atoms with E-state index in [1.807, 2.05) is 30.1 Å². The van der Waals surface area contributed by atoms with Gasteiger partial charge in [-0.3, -0.25) is 4.79 Å². The van der Waals surface area contributed by atoms with Gasteiger partial charge in [0.2, 0.25) is 5.95 Å². The summed E-state index contributed by atoms with van der Waals surface area (Å²) in [6.45, 7) is 1.78. The molecule has 156 valence electrons. The second kappa shape index (κ2) is 7.05. The lowest BCUT2D eigenvalue weighted by Crippen LogP contribution is -2.49. The molecule has 2 aliphatic heterocycles. The number of amides is 1. The normalized spacial score (nSPS) is 17.9. The van der Waals surface area contributed by atoms with Gasteiger partial charge >= 0.3 is 0 Å². The number of aromatic nitrogens is 3. The number of likely N-dealkylation sites (tertiary alicyclic amines) is 1. The first kappa shape index (κ1) is 19.0. The van der Waals surface area contributed by atoms with Crippen LogP contribution in [0.2, 0.25) is 0 Å². The van der Waals surface area contributed by atoms with Crippen molar-refractivity contribution < 1.29 is 13.9 Å². The molecule has 8 heteroatoms. The number of fused-ring (bicyclic) bond motifs is 3. The summed E-state index contributed by atoms with van der Waals surface area (Å²) in [4.78, 5) is 29.1. The largest absolute Gasteiger partial charge is 0.368 e. The summed E-state index contributed by atoms with van der Waals surface area (Å²) in [6.07, 6.45) is 4.08. The summed E-state index contributed by atoms with van der Waals surface area (Å²) in [5, 5.41) is 0.698. The van der Waals surface area contributed by atoms with E-state index in [9.17, 15) is 9.18 Å². The molecule has 1 aromatic carbocycles. The number of benzene rings is 1. The van der Waals surface area contributed by atoms with Crippen LogP contribution in [0.25, 0.3) is 10.9 Å². The molecule has 1 fully saturated rings. The van der Waals surface area contributed by atoms with E-state index in [1.54, 1.807) is 12.1 Å². The van der Waals surface area contributed by atoms with Crippen molar-refractivity contribution in [1.82, 2.24) is 19.9 Å². The number of halogens is 1. The van der Waals surface area contributed by atoms with Crippen LogP contribution in [-0.4, -0.2) is 59.6 Å². The van der Waals surface area contributed by atoms with Gasteiger partial charge in [0, 0.05) is 44.3 Å². The van der Waals surface area contributed by atoms with Crippen LogP contribution in [0, 0.1) is 5.82 Å². The minimum Gasteiger partial charge on any atom is -0.368 e. The number of carbonyl (C=O) groups excluding carboxylic acids is 1. The maximum Gasteiger partial charge on any atom is 0.270 e. The van der Waals surface area contributed by atoms with Crippen molar-refractivity contribution in [3.63, 3.8) is 0 Å². The molecule has 0 radical (unpaired) electrons. The van der Waals surface area contributed by atoms with Gasteiger partial charge in [0.25, 0.3) is 5.91 Å². The number of piperidine rings is 1. The fourth-order valence-corrected chi connectivity index (χ4v) is 4.46. The Balaban J connectivity index is 1.37. The van der Waals surface area contributed by atoms with E-state index in [1.165, 1.54) is 12.1 Å². The summed E-state index contributed by atoms with van der Waals surface area (Å²) < 4.78 is 19.7. The molecule has 5 rings (SSSR count). The highest BCUT2D eigenvalue weighted by atomic mass is 19.1. The van der Waals surface area contributed by atoms with Gasteiger partial charge in [-0.15, -0.1) is 0 Å². The number of hydrogen-bond donors (Lipinski definition) is 1. The van der Waals surface area contributed by atoms with Gasteiger partial charge < -0.3 is 19.5 Å². The Kier molecular flexibility index (Phi) is 4.47. The van der Waals surface area contributed by atoms with Crippen molar-refractivity contribution in [1.29, 1.82) is 0 Å². The predicted molar refractivity (Wildman–Crippen MR) is 111 cm³/mol. The molecule has 2 aliphatic rings. The fraction of sp³-hybridized carbons (Fsp3) is 0.409. The minimum absolute atomic E-state index is 0.0749. The predicted octanol–water partition coefficient (Wildman–Crippen LogP) is 2.87. The zero-order valence-corrected chi connectivity index (χ0v) is 17.1. The number of rotatable bonds is 2. The zero-order valence-electron chi connectivity index (χ0n) is 17.1. The van der Waals surface area contributed by atoms with Gasteiger partial charge in [-0.1, -0.05) is 0 Å². The second-order valence-electron chi connectivity index (χ2n) is 8.24. The Hall–Kier alpha value is -3.00. The fourth-order valence-electron chi connectivity index (χ4n) is 4.46. The third-order valence-electron chi connectivity index (χ3n) is 6.10. The average molecular weight is 409 g/mol. The summed E-state index contributed by atoms with van der Waals surface area (Å²) in [5.41, 5.74) is 2.85. The highest BCUT2D eigenvalue weighted by Gasteiger charge is 2.43. The molecule has 7 nitrogen and oxygen atoms in total. The Morgan fingerprint density at radius 1 is 1.27 bits per heavy atom. The van der Waals surface area contributed by atoms with Crippen molar-refractivity contribution >= 4 is 22.8 Å². The molecule has 4 heterocycles. The maximum atomic E-state index is 13.5. The van der Waals surface area contributed by atoms with Crippen LogP contribution in [0.4, 0.5) is 10.3 Å². The number of hydrogen-bond acceptors (Lipinski definition) is 5. The topological polar surface area (TPSA) is 74.4 Å². The molecule has 30 heavy (non-hydrogen) atoms. The van der Waals surface area contributed by atoms with Crippen LogP contribution in [0.5, 0.6) is 0 Å². The standard InChI is InChI=1S/C22H24FN5O2/c1-27(2)21-24-13-14-5-10-30-22(19(14)26-21)6-8-28(9-7-22)20(29)18-12-15-11-16(23)3-4-17(15)25-18/h3-4,11-13,25H,5-10H2,1-2H3. The molecule has 0 bridgehead atoms. The van der Waals surface area contributed by atoms with Crippen molar-refractivity contribution in [3.8, 4) is 0 Å². The molecule has 1 amide bonds. The average Bonchev–Trinajstić information content (AvgIpc) is 3.17. The summed E-state index contributed by atoms with van der Waals surface area (Å²) in [7, 11) is 3.84. The highest BCUT2D eigenvalue weighted by molar-refractivity contribution is 5.98. The molecule has 0 aliphatic carbocycles. The van der Waals surface area contributed by atoms with Crippen LogP contribution in [-0.2, 0) is 16.8 Å². The van der Waals surface area contributed by atoms with Crippen LogP contribution < -0.4 is 4.90 Å². The lowest BCUT2D eigenvalue weighted by molar-refractivity contribution is -0.0967. The molecule has 1 N–H and O–H groups in total. The number of nitrogens with one attached hydrogen (secondary N) is 1. The molecule has 0 atom stereocenters. The van der Waals surface area contributed by atoms with Gasteiger partial charge in [-0.05, 0) is 49.1 Å². The SMILES string of the molecule is CN(C)c1ncc2c(n1)C1(CCN(C(=O)c3cc4cc(F)ccc4[nH]3)CC1)OCC2. The van der Waals surface area contributed by atoms with E-state index < -0.39 is 5.60 Å². The van der Waals surface area contributed by atoms with E-state index in [0.29, 0.717) is 49.6 Å². The van der Waals surface area contributed by atoms with Crippen molar-refractivity contribution in [3.05, 3.63) is 53.2 Å². The van der Waals surface area contributed by atoms with E-state index in [2.05, 4.69) is 9.97 Å². The molecular weight excluding hydrogens is 385 g/mol. The van der Waals surface area contributed by atoms with E-state index >= 15 is 0 Å². The Labute approximate surface area is 173 Å². The third-order valence-corrected chi connectivity index (χ3v) is 6.10. The first-order valence-corrected chi connectivity index (χ1v) is 10.2. The monoisotopic (exact) mass is 409 g/mol. The number of nitrogens with zero attached hydrogens (tertiary/aromatic N) is 4. The third kappa shape index (κ3) is 3.11. The van der Waals surface area contributed by atoms with Gasteiger partial charge in [0.15, 0.2) is 0 Å². The Morgan fingerprint density at radius 2 is 2.07 bits per heavy atom. The lowest BCUT2D eigenvalue weighted by atomic mass is 9.83. The molecule has 3 aromatic rings. The number of ether oxygens (including phenoxy) is 1. The minimum atomic E-state index is -0.471. The van der Waals surface area contributed by atoms with Gasteiger partial charge in [0.1, 0.15) is 17.1 Å². The number of aromatic amines is 1. The summed E-state index contributed by atoms with van der Waals surface area (Å²) in [5.74, 6) is 0.282. The first-order valence-electron chi connectivity index (χ1n) is 10.2. The first-order chi connectivity index (χ1) is 14.4. The Morgan fingerprint density at radius 3 is 2.83 bits per heavy atom. The summed E-state index contributed by atoms with van der Waals surface area (Å²) in [6, 6.07) is 6.19. The smallest absolute Gasteiger partial charge is 0.270 e. The molecular formula is C22H24FN5O2. The zero-order chi connectivity index (χ0) is 20.9. The second-order valence-corrected chi connectivity index (χ2v) is 8.24. The molecule has 2 aromatic heterocycles. The molecule has 1 saturated heterocycles. The molecule has 1 spiro atoms. The van der Waals surface area contributed by atoms with E-state index in [0.717, 1.165) is 23.2 Å². The quantitative estimate of drug-likeness (QED) is 0.705. The number of anilines is 1. The summed E-state index contributed by atoms with van der Waals surface area (Å²) >= 11 is 0. The Bertz CT molecular complexity index is 1120. The van der Waals surface area contributed by atoms with Crippen molar-refractivity contribution in [2.24, 2.45) is 0 Å². The van der Waals surface area contributed by atoms with Crippen LogP contribution in [0.3, 0.4) is 0 Å². The molecule has 0 unspecified atom stereocenters. The van der Waals surface area contributed by atoms with Crippen molar-refractivity contribution in [2.45, 2.75) is 24.9 Å². The van der Waals surface area contributed by atoms with Gasteiger partial charge in [-0.25, -0.2) is 14.4 Å². The number of carbonyl (C=O) groups is 1. The highest BCUT2D eigenvalue weighted by Crippen LogP contribution is 2.41. The van der Waals surface area contributed by atoms with Crippen LogP contribution in [0.1, 0.15) is 34.6 Å². The maximum absolute atomic E-state index is 13.5. The van der Waals surface area contributed by atoms with E-state index in [4.69, 9.17) is 9.72 Å². The van der Waals surface area contributed by atoms with Crippen molar-refractivity contribution in [2.75, 3.05) is 38.7 Å². The van der Waals surface area contributed by atoms with Crippen LogP contribution >= 0.6 is 0 Å². The van der Waals surface area contributed by atoms with Gasteiger partial charge in [-0.2, -0.15) is 0 Å². The van der Waals surface area contributed by atoms with Crippen LogP contribution in [0.15, 0.2) is 30.5 Å².